The van der Waals surface area contributed by atoms with Gasteiger partial charge < -0.3 is 20.5 Å². The molecule has 0 bridgehead atoms. The van der Waals surface area contributed by atoms with Crippen LogP contribution in [0.15, 0.2) is 0 Å². The maximum atomic E-state index is 11.6. The number of nitrogens with one attached hydrogen (secondary N) is 2. The van der Waals surface area contributed by atoms with Gasteiger partial charge in [-0.3, -0.25) is 9.59 Å². The maximum Gasteiger partial charge on any atom is 0.305 e. The van der Waals surface area contributed by atoms with Crippen molar-refractivity contribution < 1.29 is 19.4 Å². The first-order valence-electron chi connectivity index (χ1n) is 5.98. The van der Waals surface area contributed by atoms with Gasteiger partial charge in [0.15, 0.2) is 0 Å². The number of methoxy groups -OCH3 is 1. The van der Waals surface area contributed by atoms with Gasteiger partial charge in [0.1, 0.15) is 0 Å². The molecule has 0 aromatic carbocycles. The predicted octanol–water partition coefficient (Wildman–Crippen LogP) is 0.228. The van der Waals surface area contributed by atoms with E-state index in [4.69, 9.17) is 9.84 Å². The molecular formula is C12H24N2O4. The summed E-state index contributed by atoms with van der Waals surface area (Å²) >= 11 is 0. The summed E-state index contributed by atoms with van der Waals surface area (Å²) in [6.07, 6.45) is -0.0761. The molecule has 0 rings (SSSR count). The number of carbonyl (C=O) groups excluding carboxylic acids is 1. The van der Waals surface area contributed by atoms with Gasteiger partial charge in [0.2, 0.25) is 5.91 Å². The summed E-state index contributed by atoms with van der Waals surface area (Å²) < 4.78 is 4.84. The van der Waals surface area contributed by atoms with E-state index in [0.717, 1.165) is 0 Å². The summed E-state index contributed by atoms with van der Waals surface area (Å²) in [7, 11) is 1.59. The Morgan fingerprint density at radius 2 is 1.94 bits per heavy atom. The number of carboxylic acids is 1. The van der Waals surface area contributed by atoms with Crippen LogP contribution >= 0.6 is 0 Å². The maximum absolute atomic E-state index is 11.6. The molecule has 1 unspecified atom stereocenters. The summed E-state index contributed by atoms with van der Waals surface area (Å²) in [6, 6.07) is -0.383. The molecular weight excluding hydrogens is 236 g/mol. The molecule has 6 nitrogen and oxygen atoms in total. The van der Waals surface area contributed by atoms with Crippen molar-refractivity contribution in [2.45, 2.75) is 33.2 Å². The molecule has 0 aromatic rings. The Bertz CT molecular complexity index is 274. The van der Waals surface area contributed by atoms with E-state index in [9.17, 15) is 9.59 Å². The van der Waals surface area contributed by atoms with Gasteiger partial charge in [0.05, 0.1) is 19.6 Å². The third-order valence-electron chi connectivity index (χ3n) is 2.53. The topological polar surface area (TPSA) is 87.7 Å². The number of ether oxygens (including phenoxy) is 1. The number of carbonyl (C=O) groups is 2. The molecule has 0 fully saturated rings. The van der Waals surface area contributed by atoms with Crippen LogP contribution < -0.4 is 10.6 Å². The highest BCUT2D eigenvalue weighted by atomic mass is 16.5. The van der Waals surface area contributed by atoms with Crippen molar-refractivity contribution in [3.63, 3.8) is 0 Å². The lowest BCUT2D eigenvalue weighted by Crippen LogP contribution is -2.48. The van der Waals surface area contributed by atoms with Gasteiger partial charge in [-0.1, -0.05) is 20.8 Å². The minimum absolute atomic E-state index is 0.0761. The van der Waals surface area contributed by atoms with Gasteiger partial charge in [-0.05, 0) is 5.41 Å². The van der Waals surface area contributed by atoms with Crippen molar-refractivity contribution in [1.29, 1.82) is 0 Å². The van der Waals surface area contributed by atoms with E-state index in [1.165, 1.54) is 0 Å². The van der Waals surface area contributed by atoms with E-state index in [-0.39, 0.29) is 30.3 Å². The third kappa shape index (κ3) is 8.03. The summed E-state index contributed by atoms with van der Waals surface area (Å²) in [5, 5.41) is 14.5. The Labute approximate surface area is 108 Å². The van der Waals surface area contributed by atoms with Crippen molar-refractivity contribution >= 4 is 11.9 Å². The highest BCUT2D eigenvalue weighted by Crippen LogP contribution is 2.21. The van der Waals surface area contributed by atoms with Crippen LogP contribution in [0, 0.1) is 5.41 Å². The van der Waals surface area contributed by atoms with E-state index in [0.29, 0.717) is 13.2 Å². The fraction of sp³-hybridized carbons (Fsp3) is 0.833. The average molecular weight is 260 g/mol. The Kier molecular flexibility index (Phi) is 7.54. The predicted molar refractivity (Wildman–Crippen MR) is 68.4 cm³/mol. The second kappa shape index (κ2) is 8.05. The second-order valence-corrected chi connectivity index (χ2v) is 5.25. The highest BCUT2D eigenvalue weighted by Gasteiger charge is 2.28. The van der Waals surface area contributed by atoms with Crippen molar-refractivity contribution in [2.24, 2.45) is 5.41 Å². The van der Waals surface area contributed by atoms with Crippen molar-refractivity contribution in [3.8, 4) is 0 Å². The first-order chi connectivity index (χ1) is 8.27. The van der Waals surface area contributed by atoms with Gasteiger partial charge in [0, 0.05) is 19.7 Å². The molecule has 0 saturated heterocycles. The Balaban J connectivity index is 4.15. The standard InChI is InChI=1S/C12H24N2O4/c1-12(2,3)9(7-11(16)17)14-10(15)8-13-5-6-18-4/h9,13H,5-8H2,1-4H3,(H,14,15)(H,16,17). The van der Waals surface area contributed by atoms with E-state index < -0.39 is 5.97 Å². The molecule has 0 spiro atoms. The summed E-state index contributed by atoms with van der Waals surface area (Å²) in [6.45, 7) is 6.99. The molecule has 0 radical (unpaired) electrons. The molecule has 0 aliphatic heterocycles. The summed E-state index contributed by atoms with van der Waals surface area (Å²) in [4.78, 5) is 22.4. The molecule has 1 atom stereocenters. The molecule has 3 N–H and O–H groups in total. The van der Waals surface area contributed by atoms with Crippen molar-refractivity contribution in [2.75, 3.05) is 26.8 Å². The van der Waals surface area contributed by atoms with Crippen LogP contribution in [0.5, 0.6) is 0 Å². The van der Waals surface area contributed by atoms with Gasteiger partial charge in [-0.2, -0.15) is 0 Å². The van der Waals surface area contributed by atoms with Crippen LogP contribution in [0.2, 0.25) is 0 Å². The fourth-order valence-electron chi connectivity index (χ4n) is 1.37. The zero-order valence-electron chi connectivity index (χ0n) is 11.6. The number of carboxylic acid groups (broad SMARTS) is 1. The highest BCUT2D eigenvalue weighted by molar-refractivity contribution is 5.79. The molecule has 0 aliphatic rings. The molecule has 6 heteroatoms. The minimum Gasteiger partial charge on any atom is -0.481 e. The number of rotatable bonds is 8. The van der Waals surface area contributed by atoms with E-state index in [1.54, 1.807) is 7.11 Å². The Morgan fingerprint density at radius 3 is 2.39 bits per heavy atom. The normalized spacial score (nSPS) is 13.1. The number of hydrogen-bond acceptors (Lipinski definition) is 4. The van der Waals surface area contributed by atoms with Crippen molar-refractivity contribution in [1.82, 2.24) is 10.6 Å². The molecule has 0 saturated carbocycles. The SMILES string of the molecule is COCCNCC(=O)NC(CC(=O)O)C(C)(C)C. The Hall–Kier alpha value is -1.14. The van der Waals surface area contributed by atoms with Gasteiger partial charge in [0.25, 0.3) is 0 Å². The zero-order chi connectivity index (χ0) is 14.2. The van der Waals surface area contributed by atoms with Crippen LogP contribution in [0.1, 0.15) is 27.2 Å². The molecule has 106 valence electrons. The first kappa shape index (κ1) is 16.9. The van der Waals surface area contributed by atoms with Crippen LogP contribution in [0.3, 0.4) is 0 Å². The monoisotopic (exact) mass is 260 g/mol. The second-order valence-electron chi connectivity index (χ2n) is 5.25. The van der Waals surface area contributed by atoms with Crippen LogP contribution in [-0.4, -0.2) is 49.8 Å². The quantitative estimate of drug-likeness (QED) is 0.544. The molecule has 0 aliphatic carbocycles. The van der Waals surface area contributed by atoms with Crippen LogP contribution in [0.4, 0.5) is 0 Å². The fourth-order valence-corrected chi connectivity index (χ4v) is 1.37. The molecule has 18 heavy (non-hydrogen) atoms. The lowest BCUT2D eigenvalue weighted by molar-refractivity contribution is -0.138. The number of hydrogen-bond donors (Lipinski definition) is 3. The molecule has 1 amide bonds. The zero-order valence-corrected chi connectivity index (χ0v) is 11.6. The van der Waals surface area contributed by atoms with E-state index in [1.807, 2.05) is 20.8 Å². The Morgan fingerprint density at radius 1 is 1.33 bits per heavy atom. The van der Waals surface area contributed by atoms with Gasteiger partial charge in [-0.25, -0.2) is 0 Å². The van der Waals surface area contributed by atoms with Gasteiger partial charge in [-0.15, -0.1) is 0 Å². The third-order valence-corrected chi connectivity index (χ3v) is 2.53. The minimum atomic E-state index is -0.914. The number of aliphatic carboxylic acids is 1. The summed E-state index contributed by atoms with van der Waals surface area (Å²) in [5.41, 5.74) is -0.291. The lowest BCUT2D eigenvalue weighted by atomic mass is 9.84. The summed E-state index contributed by atoms with van der Waals surface area (Å²) in [5.74, 6) is -1.12. The van der Waals surface area contributed by atoms with Crippen LogP contribution in [-0.2, 0) is 14.3 Å². The smallest absolute Gasteiger partial charge is 0.305 e. The van der Waals surface area contributed by atoms with Gasteiger partial charge >= 0.3 is 5.97 Å². The van der Waals surface area contributed by atoms with Crippen molar-refractivity contribution in [3.05, 3.63) is 0 Å². The molecule has 0 heterocycles. The number of amides is 1. The van der Waals surface area contributed by atoms with E-state index >= 15 is 0 Å². The lowest BCUT2D eigenvalue weighted by Gasteiger charge is -2.30. The van der Waals surface area contributed by atoms with Crippen LogP contribution in [0.25, 0.3) is 0 Å². The van der Waals surface area contributed by atoms with E-state index in [2.05, 4.69) is 10.6 Å². The largest absolute Gasteiger partial charge is 0.481 e. The average Bonchev–Trinajstić information content (AvgIpc) is 2.21. The first-order valence-corrected chi connectivity index (χ1v) is 5.98. The molecule has 0 aromatic heterocycles.